The highest BCUT2D eigenvalue weighted by atomic mass is 79.9. The standard InChI is InChI=1S/C24H28BrClN4O3S/c1-3-5-22(31)30-12-10-29(11-13-30)20-8-7-17(26)15-19(20)27-24(34)28-23(32)16-6-9-21(33-4-2)18(25)14-16/h6-9,14-15H,3-5,10-13H2,1-2H3,(H2,27,28,32,34). The topological polar surface area (TPSA) is 73.9 Å². The van der Waals surface area contributed by atoms with Crippen molar-refractivity contribution in [3.8, 4) is 5.75 Å². The fraction of sp³-hybridized carbons (Fsp3) is 0.375. The fourth-order valence-electron chi connectivity index (χ4n) is 3.70. The summed E-state index contributed by atoms with van der Waals surface area (Å²) in [5.74, 6) is 0.522. The van der Waals surface area contributed by atoms with Gasteiger partial charge in [-0.25, -0.2) is 0 Å². The van der Waals surface area contributed by atoms with E-state index in [9.17, 15) is 9.59 Å². The summed E-state index contributed by atoms with van der Waals surface area (Å²) in [6.07, 6.45) is 1.42. The third-order valence-corrected chi connectivity index (χ3v) is 6.42. The van der Waals surface area contributed by atoms with Gasteiger partial charge in [0.15, 0.2) is 5.11 Å². The second kappa shape index (κ2) is 12.4. The van der Waals surface area contributed by atoms with Crippen molar-refractivity contribution in [1.29, 1.82) is 0 Å². The zero-order valence-corrected chi connectivity index (χ0v) is 22.4. The second-order valence-electron chi connectivity index (χ2n) is 7.77. The molecule has 10 heteroatoms. The third kappa shape index (κ3) is 6.84. The molecule has 34 heavy (non-hydrogen) atoms. The number of carbonyl (C=O) groups excluding carboxylic acids is 2. The van der Waals surface area contributed by atoms with Crippen LogP contribution < -0.4 is 20.3 Å². The molecule has 0 aliphatic carbocycles. The smallest absolute Gasteiger partial charge is 0.257 e. The van der Waals surface area contributed by atoms with Gasteiger partial charge in [-0.2, -0.15) is 0 Å². The van der Waals surface area contributed by atoms with Crippen molar-refractivity contribution in [1.82, 2.24) is 10.2 Å². The maximum atomic E-state index is 12.7. The number of hydrogen-bond donors (Lipinski definition) is 2. The highest BCUT2D eigenvalue weighted by molar-refractivity contribution is 9.10. The Morgan fingerprint density at radius 2 is 1.85 bits per heavy atom. The van der Waals surface area contributed by atoms with Crippen molar-refractivity contribution < 1.29 is 14.3 Å². The van der Waals surface area contributed by atoms with Crippen molar-refractivity contribution in [2.24, 2.45) is 0 Å². The van der Waals surface area contributed by atoms with Crippen LogP contribution >= 0.6 is 39.7 Å². The van der Waals surface area contributed by atoms with E-state index in [0.717, 1.165) is 12.1 Å². The Hall–Kier alpha value is -2.36. The number of hydrogen-bond acceptors (Lipinski definition) is 5. The van der Waals surface area contributed by atoms with Crippen molar-refractivity contribution >= 4 is 68.1 Å². The Balaban J connectivity index is 1.66. The van der Waals surface area contributed by atoms with Gasteiger partial charge < -0.3 is 19.9 Å². The zero-order valence-electron chi connectivity index (χ0n) is 19.2. The van der Waals surface area contributed by atoms with Crippen molar-refractivity contribution in [2.45, 2.75) is 26.7 Å². The summed E-state index contributed by atoms with van der Waals surface area (Å²) in [7, 11) is 0. The molecule has 7 nitrogen and oxygen atoms in total. The molecule has 0 spiro atoms. The molecule has 2 N–H and O–H groups in total. The minimum absolute atomic E-state index is 0.162. The van der Waals surface area contributed by atoms with Crippen LogP contribution in [0.5, 0.6) is 5.75 Å². The number of amides is 2. The average molecular weight is 568 g/mol. The lowest BCUT2D eigenvalue weighted by Crippen LogP contribution is -2.49. The molecule has 0 atom stereocenters. The van der Waals surface area contributed by atoms with Crippen LogP contribution in [-0.2, 0) is 4.79 Å². The molecule has 1 heterocycles. The van der Waals surface area contributed by atoms with Crippen molar-refractivity contribution in [3.05, 3.63) is 51.5 Å². The van der Waals surface area contributed by atoms with E-state index in [-0.39, 0.29) is 16.9 Å². The van der Waals surface area contributed by atoms with Crippen LogP contribution in [-0.4, -0.2) is 54.6 Å². The quantitative estimate of drug-likeness (QED) is 0.455. The van der Waals surface area contributed by atoms with Crippen LogP contribution in [0.4, 0.5) is 11.4 Å². The summed E-state index contributed by atoms with van der Waals surface area (Å²) in [4.78, 5) is 29.0. The molecule has 0 bridgehead atoms. The molecule has 0 unspecified atom stereocenters. The molecule has 3 rings (SSSR count). The number of rotatable bonds is 7. The monoisotopic (exact) mass is 566 g/mol. The maximum absolute atomic E-state index is 12.7. The second-order valence-corrected chi connectivity index (χ2v) is 9.46. The Kier molecular flexibility index (Phi) is 9.55. The zero-order chi connectivity index (χ0) is 24.7. The molecule has 2 aromatic carbocycles. The van der Waals surface area contributed by atoms with Crippen LogP contribution in [0.1, 0.15) is 37.0 Å². The van der Waals surface area contributed by atoms with Gasteiger partial charge in [-0.3, -0.25) is 14.9 Å². The lowest BCUT2D eigenvalue weighted by molar-refractivity contribution is -0.131. The summed E-state index contributed by atoms with van der Waals surface area (Å²) in [5, 5.41) is 6.53. The van der Waals surface area contributed by atoms with E-state index in [1.54, 1.807) is 24.3 Å². The number of nitrogens with one attached hydrogen (secondary N) is 2. The first kappa shape index (κ1) is 26.2. The van der Waals surface area contributed by atoms with Crippen molar-refractivity contribution in [2.75, 3.05) is 43.0 Å². The molecule has 0 radical (unpaired) electrons. The summed E-state index contributed by atoms with van der Waals surface area (Å²) in [5.41, 5.74) is 2.05. The Morgan fingerprint density at radius 3 is 2.50 bits per heavy atom. The number of halogens is 2. The van der Waals surface area contributed by atoms with Gasteiger partial charge in [0.25, 0.3) is 5.91 Å². The summed E-state index contributed by atoms with van der Waals surface area (Å²) < 4.78 is 6.18. The molecule has 2 amide bonds. The van der Waals surface area contributed by atoms with E-state index in [0.29, 0.717) is 65.7 Å². The van der Waals surface area contributed by atoms with E-state index in [1.165, 1.54) is 0 Å². The largest absolute Gasteiger partial charge is 0.493 e. The predicted molar refractivity (Wildman–Crippen MR) is 144 cm³/mol. The first-order chi connectivity index (χ1) is 16.3. The van der Waals surface area contributed by atoms with E-state index >= 15 is 0 Å². The Bertz CT molecular complexity index is 1060. The minimum atomic E-state index is -0.340. The van der Waals surface area contributed by atoms with Crippen LogP contribution in [0.15, 0.2) is 40.9 Å². The molecule has 0 saturated carbocycles. The van der Waals surface area contributed by atoms with Gasteiger partial charge in [-0.05, 0) is 77.9 Å². The molecule has 1 aliphatic rings. The number of piperazine rings is 1. The summed E-state index contributed by atoms with van der Waals surface area (Å²) in [6, 6.07) is 10.6. The van der Waals surface area contributed by atoms with E-state index in [1.807, 2.05) is 30.9 Å². The normalized spacial score (nSPS) is 13.4. The molecule has 1 aliphatic heterocycles. The van der Waals surface area contributed by atoms with Gasteiger partial charge in [-0.1, -0.05) is 18.5 Å². The number of thiocarbonyl (C=S) groups is 1. The number of ether oxygens (including phenoxy) is 1. The molecular formula is C24H28BrClN4O3S. The third-order valence-electron chi connectivity index (χ3n) is 5.36. The minimum Gasteiger partial charge on any atom is -0.493 e. The Morgan fingerprint density at radius 1 is 1.12 bits per heavy atom. The fourth-order valence-corrected chi connectivity index (χ4v) is 4.56. The van der Waals surface area contributed by atoms with Crippen molar-refractivity contribution in [3.63, 3.8) is 0 Å². The van der Waals surface area contributed by atoms with E-state index in [4.69, 9.17) is 28.6 Å². The van der Waals surface area contributed by atoms with Crippen LogP contribution in [0.2, 0.25) is 5.02 Å². The lowest BCUT2D eigenvalue weighted by atomic mass is 10.2. The maximum Gasteiger partial charge on any atom is 0.257 e. The first-order valence-electron chi connectivity index (χ1n) is 11.2. The highest BCUT2D eigenvalue weighted by Crippen LogP contribution is 2.30. The van der Waals surface area contributed by atoms with Gasteiger partial charge >= 0.3 is 0 Å². The van der Waals surface area contributed by atoms with E-state index in [2.05, 4.69) is 31.5 Å². The van der Waals surface area contributed by atoms with Gasteiger partial charge in [0.2, 0.25) is 5.91 Å². The molecule has 0 aromatic heterocycles. The molecule has 1 fully saturated rings. The molecular weight excluding hydrogens is 540 g/mol. The van der Waals surface area contributed by atoms with Gasteiger partial charge in [0.05, 0.1) is 22.5 Å². The van der Waals surface area contributed by atoms with Gasteiger partial charge in [0.1, 0.15) is 5.75 Å². The molecule has 2 aromatic rings. The number of benzene rings is 2. The summed E-state index contributed by atoms with van der Waals surface area (Å²) >= 11 is 15.1. The van der Waals surface area contributed by atoms with E-state index < -0.39 is 0 Å². The van der Waals surface area contributed by atoms with Crippen LogP contribution in [0.3, 0.4) is 0 Å². The van der Waals surface area contributed by atoms with Crippen LogP contribution in [0, 0.1) is 0 Å². The number of carbonyl (C=O) groups is 2. The predicted octanol–water partition coefficient (Wildman–Crippen LogP) is 5.08. The van der Waals surface area contributed by atoms with Crippen LogP contribution in [0.25, 0.3) is 0 Å². The number of anilines is 2. The summed E-state index contributed by atoms with van der Waals surface area (Å²) in [6.45, 7) is 7.16. The molecule has 182 valence electrons. The van der Waals surface area contributed by atoms with Gasteiger partial charge in [-0.15, -0.1) is 0 Å². The Labute approximate surface area is 218 Å². The number of nitrogens with zero attached hydrogens (tertiary/aromatic N) is 2. The highest BCUT2D eigenvalue weighted by Gasteiger charge is 2.23. The lowest BCUT2D eigenvalue weighted by Gasteiger charge is -2.37. The SMILES string of the molecule is CCCC(=O)N1CCN(c2ccc(Cl)cc2NC(=S)NC(=O)c2ccc(OCC)c(Br)c2)CC1. The molecule has 1 saturated heterocycles. The van der Waals surface area contributed by atoms with Gasteiger partial charge in [0, 0.05) is 43.2 Å². The average Bonchev–Trinajstić information content (AvgIpc) is 2.81. The first-order valence-corrected chi connectivity index (χ1v) is 12.8.